The van der Waals surface area contributed by atoms with Crippen LogP contribution < -0.4 is 4.90 Å². The second-order valence-electron chi connectivity index (χ2n) is 8.32. The average Bonchev–Trinajstić information content (AvgIpc) is 3.04. The molecule has 1 aliphatic carbocycles. The van der Waals surface area contributed by atoms with Crippen LogP contribution >= 0.6 is 0 Å². The van der Waals surface area contributed by atoms with Crippen LogP contribution in [0.25, 0.3) is 11.4 Å². The van der Waals surface area contributed by atoms with E-state index in [1.165, 1.54) is 11.3 Å². The summed E-state index contributed by atoms with van der Waals surface area (Å²) in [5.41, 5.74) is 3.02. The van der Waals surface area contributed by atoms with Gasteiger partial charge in [0.2, 0.25) is 0 Å². The summed E-state index contributed by atoms with van der Waals surface area (Å²) < 4.78 is 0. The number of aryl methyl sites for hydroxylation is 1. The van der Waals surface area contributed by atoms with Gasteiger partial charge < -0.3 is 14.9 Å². The van der Waals surface area contributed by atoms with Gasteiger partial charge in [0.25, 0.3) is 0 Å². The lowest BCUT2D eigenvalue weighted by Crippen LogP contribution is -2.41. The van der Waals surface area contributed by atoms with Crippen LogP contribution in [0.2, 0.25) is 0 Å². The molecule has 1 aromatic heterocycles. The molecule has 2 heterocycles. The number of rotatable bonds is 4. The van der Waals surface area contributed by atoms with Gasteiger partial charge in [-0.25, -0.2) is 9.97 Å². The summed E-state index contributed by atoms with van der Waals surface area (Å²) in [6, 6.07) is 10.3. The lowest BCUT2D eigenvalue weighted by Gasteiger charge is -2.30. The monoisotopic (exact) mass is 366 g/mol. The Bertz CT molecular complexity index is 792. The van der Waals surface area contributed by atoms with Crippen LogP contribution in [0.5, 0.6) is 0 Å². The van der Waals surface area contributed by atoms with Crippen LogP contribution in [0, 0.1) is 0 Å². The number of hydrogen-bond donors (Lipinski definition) is 1. The van der Waals surface area contributed by atoms with E-state index in [-0.39, 0.29) is 0 Å². The van der Waals surface area contributed by atoms with Crippen molar-refractivity contribution < 1.29 is 5.11 Å². The minimum atomic E-state index is -0.600. The molecule has 2 aliphatic rings. The third-order valence-corrected chi connectivity index (χ3v) is 5.77. The van der Waals surface area contributed by atoms with Gasteiger partial charge in [-0.1, -0.05) is 30.3 Å². The molecule has 1 aromatic carbocycles. The van der Waals surface area contributed by atoms with Gasteiger partial charge in [0, 0.05) is 36.5 Å². The summed E-state index contributed by atoms with van der Waals surface area (Å²) in [5.74, 6) is 1.93. The van der Waals surface area contributed by atoms with E-state index in [2.05, 4.69) is 21.9 Å². The second kappa shape index (κ2) is 7.56. The summed E-state index contributed by atoms with van der Waals surface area (Å²) in [6.07, 6.45) is 5.89. The molecule has 5 heteroatoms. The molecular weight excluding hydrogens is 336 g/mol. The Morgan fingerprint density at radius 1 is 1.04 bits per heavy atom. The van der Waals surface area contributed by atoms with Crippen molar-refractivity contribution >= 4 is 5.82 Å². The van der Waals surface area contributed by atoms with Crippen molar-refractivity contribution in [2.75, 3.05) is 38.6 Å². The molecule has 0 spiro atoms. The maximum Gasteiger partial charge on any atom is 0.161 e. The van der Waals surface area contributed by atoms with Crippen LogP contribution in [0.1, 0.15) is 36.9 Å². The minimum Gasteiger partial charge on any atom is -0.388 e. The van der Waals surface area contributed by atoms with Gasteiger partial charge in [0.1, 0.15) is 5.82 Å². The van der Waals surface area contributed by atoms with Crippen molar-refractivity contribution in [1.82, 2.24) is 14.9 Å². The normalized spacial score (nSPS) is 22.7. The lowest BCUT2D eigenvalue weighted by molar-refractivity contribution is 0.00537. The maximum atomic E-state index is 11.0. The topological polar surface area (TPSA) is 52.5 Å². The Hall–Kier alpha value is -1.98. The van der Waals surface area contributed by atoms with Gasteiger partial charge >= 0.3 is 0 Å². The van der Waals surface area contributed by atoms with E-state index in [0.29, 0.717) is 0 Å². The van der Waals surface area contributed by atoms with Crippen LogP contribution in [0.15, 0.2) is 30.3 Å². The zero-order valence-electron chi connectivity index (χ0n) is 16.5. The van der Waals surface area contributed by atoms with Crippen LogP contribution in [0.4, 0.5) is 5.82 Å². The van der Waals surface area contributed by atoms with Gasteiger partial charge in [-0.2, -0.15) is 0 Å². The van der Waals surface area contributed by atoms with Gasteiger partial charge in [0.15, 0.2) is 5.82 Å². The molecular formula is C22H30N4O. The first-order chi connectivity index (χ1) is 13.0. The zero-order chi connectivity index (χ0) is 18.9. The minimum absolute atomic E-state index is 0.600. The van der Waals surface area contributed by atoms with Gasteiger partial charge in [-0.15, -0.1) is 0 Å². The van der Waals surface area contributed by atoms with Crippen molar-refractivity contribution in [1.29, 1.82) is 0 Å². The van der Waals surface area contributed by atoms with Crippen LogP contribution in [0.3, 0.4) is 0 Å². The Labute approximate surface area is 162 Å². The maximum absolute atomic E-state index is 11.0. The smallest absolute Gasteiger partial charge is 0.161 e. The van der Waals surface area contributed by atoms with E-state index in [1.54, 1.807) is 0 Å². The Morgan fingerprint density at radius 2 is 1.85 bits per heavy atom. The van der Waals surface area contributed by atoms with Crippen molar-refractivity contribution in [3.63, 3.8) is 0 Å². The second-order valence-corrected chi connectivity index (χ2v) is 8.32. The fraction of sp³-hybridized carbons (Fsp3) is 0.545. The molecule has 1 N–H and O–H groups in total. The van der Waals surface area contributed by atoms with E-state index in [9.17, 15) is 5.11 Å². The molecule has 0 amide bonds. The zero-order valence-corrected chi connectivity index (χ0v) is 16.5. The number of anilines is 1. The van der Waals surface area contributed by atoms with E-state index in [1.807, 2.05) is 32.3 Å². The number of fused-ring (bicyclic) bond motifs is 1. The van der Waals surface area contributed by atoms with E-state index in [0.717, 1.165) is 75.4 Å². The largest absolute Gasteiger partial charge is 0.388 e. The molecule has 1 aliphatic heterocycles. The standard InChI is InChI=1S/C22H30N4O/c1-25(2)16-22(27)12-7-14-26(15-13-22)21-18-10-6-11-19(18)23-20(24-21)17-8-4-3-5-9-17/h3-5,8-9,27H,6-7,10-16H2,1-2H3/t22-/m0/s1. The lowest BCUT2D eigenvalue weighted by atomic mass is 9.94. The van der Waals surface area contributed by atoms with E-state index < -0.39 is 5.60 Å². The van der Waals surface area contributed by atoms with E-state index >= 15 is 0 Å². The van der Waals surface area contributed by atoms with Crippen LogP contribution in [-0.2, 0) is 12.8 Å². The molecule has 0 unspecified atom stereocenters. The van der Waals surface area contributed by atoms with Gasteiger partial charge in [-0.3, -0.25) is 0 Å². The van der Waals surface area contributed by atoms with Gasteiger partial charge in [-0.05, 0) is 52.6 Å². The predicted octanol–water partition coefficient (Wildman–Crippen LogP) is 2.92. The highest BCUT2D eigenvalue weighted by molar-refractivity contribution is 5.61. The van der Waals surface area contributed by atoms with Crippen molar-refractivity contribution in [3.05, 3.63) is 41.6 Å². The number of benzene rings is 1. The SMILES string of the molecule is CN(C)C[C@]1(O)CCCN(c2nc(-c3ccccc3)nc3c2CCC3)CC1. The summed E-state index contributed by atoms with van der Waals surface area (Å²) in [7, 11) is 4.06. The summed E-state index contributed by atoms with van der Waals surface area (Å²) in [4.78, 5) is 14.4. The third-order valence-electron chi connectivity index (χ3n) is 5.77. The molecule has 1 atom stereocenters. The highest BCUT2D eigenvalue weighted by Crippen LogP contribution is 2.33. The van der Waals surface area contributed by atoms with Crippen LogP contribution in [-0.4, -0.2) is 59.3 Å². The average molecular weight is 367 g/mol. The number of aromatic nitrogens is 2. The van der Waals surface area contributed by atoms with E-state index in [4.69, 9.17) is 9.97 Å². The Morgan fingerprint density at radius 3 is 2.63 bits per heavy atom. The number of aliphatic hydroxyl groups is 1. The molecule has 0 saturated carbocycles. The number of likely N-dealkylation sites (N-methyl/N-ethyl adjacent to an activating group) is 1. The van der Waals surface area contributed by atoms with Crippen molar-refractivity contribution in [3.8, 4) is 11.4 Å². The first-order valence-electron chi connectivity index (χ1n) is 10.1. The number of hydrogen-bond acceptors (Lipinski definition) is 5. The number of nitrogens with zero attached hydrogens (tertiary/aromatic N) is 4. The molecule has 2 aromatic rings. The van der Waals surface area contributed by atoms with Gasteiger partial charge in [0.05, 0.1) is 5.60 Å². The molecule has 1 saturated heterocycles. The first kappa shape index (κ1) is 18.4. The quantitative estimate of drug-likeness (QED) is 0.902. The predicted molar refractivity (Wildman–Crippen MR) is 109 cm³/mol. The molecule has 1 fully saturated rings. The molecule has 0 radical (unpaired) electrons. The third kappa shape index (κ3) is 3.99. The highest BCUT2D eigenvalue weighted by atomic mass is 16.3. The highest BCUT2D eigenvalue weighted by Gasteiger charge is 2.32. The Balaban J connectivity index is 1.64. The fourth-order valence-corrected chi connectivity index (χ4v) is 4.53. The summed E-state index contributed by atoms with van der Waals surface area (Å²) >= 11 is 0. The molecule has 27 heavy (non-hydrogen) atoms. The summed E-state index contributed by atoms with van der Waals surface area (Å²) in [5, 5.41) is 11.0. The fourth-order valence-electron chi connectivity index (χ4n) is 4.53. The molecule has 0 bridgehead atoms. The molecule has 5 nitrogen and oxygen atoms in total. The van der Waals surface area contributed by atoms with Crippen molar-refractivity contribution in [2.24, 2.45) is 0 Å². The molecule has 144 valence electrons. The summed E-state index contributed by atoms with van der Waals surface area (Å²) in [6.45, 7) is 2.52. The first-order valence-corrected chi connectivity index (χ1v) is 10.1. The molecule has 4 rings (SSSR count). The van der Waals surface area contributed by atoms with Crippen molar-refractivity contribution in [2.45, 2.75) is 44.1 Å². The Kier molecular flexibility index (Phi) is 5.15.